The molecule has 1 aromatic rings. The van der Waals surface area contributed by atoms with Crippen molar-refractivity contribution < 1.29 is 4.79 Å². The predicted molar refractivity (Wildman–Crippen MR) is 77.1 cm³/mol. The summed E-state index contributed by atoms with van der Waals surface area (Å²) in [6.45, 7) is 1.32. The van der Waals surface area contributed by atoms with Gasteiger partial charge >= 0.3 is 0 Å². The third-order valence-corrected chi connectivity index (χ3v) is 4.65. The maximum Gasteiger partial charge on any atom is 0.220 e. The molecule has 0 radical (unpaired) electrons. The highest BCUT2D eigenvalue weighted by Crippen LogP contribution is 2.49. The van der Waals surface area contributed by atoms with Crippen LogP contribution in [0.4, 0.5) is 5.82 Å². The summed E-state index contributed by atoms with van der Waals surface area (Å²) in [4.78, 5) is 20.0. The highest BCUT2D eigenvalue weighted by atomic mass is 16.1. The third kappa shape index (κ3) is 3.26. The van der Waals surface area contributed by atoms with E-state index in [0.717, 1.165) is 17.7 Å². The van der Waals surface area contributed by atoms with Crippen molar-refractivity contribution >= 4 is 11.7 Å². The van der Waals surface area contributed by atoms with Crippen LogP contribution in [-0.2, 0) is 4.79 Å². The van der Waals surface area contributed by atoms with E-state index in [1.165, 1.54) is 25.7 Å². The van der Waals surface area contributed by atoms with Gasteiger partial charge < -0.3 is 10.6 Å². The Morgan fingerprint density at radius 3 is 2.90 bits per heavy atom. The molecular formula is C15H22N4O. The normalized spacial score (nSPS) is 27.5. The van der Waals surface area contributed by atoms with Gasteiger partial charge in [0.05, 0.1) is 6.20 Å². The van der Waals surface area contributed by atoms with Crippen LogP contribution in [0.25, 0.3) is 0 Å². The van der Waals surface area contributed by atoms with Crippen molar-refractivity contribution in [3.63, 3.8) is 0 Å². The number of carbonyl (C=O) groups excluding carboxylic acids is 1. The van der Waals surface area contributed by atoms with Crippen LogP contribution in [0.5, 0.6) is 0 Å². The van der Waals surface area contributed by atoms with Gasteiger partial charge in [-0.15, -0.1) is 0 Å². The molecule has 5 nitrogen and oxygen atoms in total. The summed E-state index contributed by atoms with van der Waals surface area (Å²) < 4.78 is 0. The second kappa shape index (κ2) is 6.20. The van der Waals surface area contributed by atoms with E-state index < -0.39 is 0 Å². The molecule has 0 spiro atoms. The summed E-state index contributed by atoms with van der Waals surface area (Å²) in [5, 5.41) is 6.12. The zero-order valence-corrected chi connectivity index (χ0v) is 11.7. The van der Waals surface area contributed by atoms with Gasteiger partial charge in [-0.3, -0.25) is 9.78 Å². The number of anilines is 1. The number of rotatable bonds is 6. The van der Waals surface area contributed by atoms with Gasteiger partial charge in [0.15, 0.2) is 0 Å². The standard InChI is InChI=1S/C15H22N4O/c20-15(9-13-8-11-1-2-12(13)7-11)19-6-5-18-14-10-16-3-4-17-14/h3-4,10-13H,1-2,5-9H2,(H,17,18)(H,19,20)/t11-,12-,13+/m0/s1. The van der Waals surface area contributed by atoms with E-state index in [9.17, 15) is 4.79 Å². The first-order valence-electron chi connectivity index (χ1n) is 7.58. The average molecular weight is 274 g/mol. The fourth-order valence-corrected chi connectivity index (χ4v) is 3.72. The van der Waals surface area contributed by atoms with Crippen molar-refractivity contribution in [1.29, 1.82) is 0 Å². The molecule has 1 heterocycles. The Balaban J connectivity index is 1.32. The predicted octanol–water partition coefficient (Wildman–Crippen LogP) is 1.83. The first-order chi connectivity index (χ1) is 9.81. The van der Waals surface area contributed by atoms with Crippen LogP contribution in [0.3, 0.4) is 0 Å². The number of nitrogens with zero attached hydrogens (tertiary/aromatic N) is 2. The van der Waals surface area contributed by atoms with Gasteiger partial charge in [-0.2, -0.15) is 0 Å². The van der Waals surface area contributed by atoms with Crippen molar-refractivity contribution in [3.8, 4) is 0 Å². The van der Waals surface area contributed by atoms with Gasteiger partial charge in [0.25, 0.3) is 0 Å². The molecule has 2 fully saturated rings. The number of amides is 1. The Bertz CT molecular complexity index is 450. The molecule has 2 aliphatic rings. The molecule has 0 aromatic carbocycles. The Morgan fingerprint density at radius 2 is 2.20 bits per heavy atom. The van der Waals surface area contributed by atoms with Gasteiger partial charge in [-0.1, -0.05) is 6.42 Å². The van der Waals surface area contributed by atoms with E-state index in [1.807, 2.05) is 0 Å². The van der Waals surface area contributed by atoms with Crippen molar-refractivity contribution in [3.05, 3.63) is 18.6 Å². The third-order valence-electron chi connectivity index (χ3n) is 4.65. The lowest BCUT2D eigenvalue weighted by molar-refractivity contribution is -0.122. The molecule has 0 aliphatic heterocycles. The summed E-state index contributed by atoms with van der Waals surface area (Å²) in [5.41, 5.74) is 0. The van der Waals surface area contributed by atoms with E-state index in [4.69, 9.17) is 0 Å². The van der Waals surface area contributed by atoms with Crippen molar-refractivity contribution in [2.75, 3.05) is 18.4 Å². The average Bonchev–Trinajstić information content (AvgIpc) is 3.07. The van der Waals surface area contributed by atoms with Crippen LogP contribution < -0.4 is 10.6 Å². The van der Waals surface area contributed by atoms with E-state index in [2.05, 4.69) is 20.6 Å². The number of aromatic nitrogens is 2. The Hall–Kier alpha value is -1.65. The van der Waals surface area contributed by atoms with Crippen molar-refractivity contribution in [2.45, 2.75) is 32.1 Å². The van der Waals surface area contributed by atoms with E-state index in [0.29, 0.717) is 25.4 Å². The Kier molecular flexibility index (Phi) is 4.14. The molecule has 2 N–H and O–H groups in total. The molecule has 3 atom stereocenters. The molecule has 108 valence electrons. The first-order valence-corrected chi connectivity index (χ1v) is 7.58. The highest BCUT2D eigenvalue weighted by molar-refractivity contribution is 5.76. The molecule has 3 rings (SSSR count). The smallest absolute Gasteiger partial charge is 0.220 e. The summed E-state index contributed by atoms with van der Waals surface area (Å²) in [5.74, 6) is 3.32. The van der Waals surface area contributed by atoms with Gasteiger partial charge in [-0.05, 0) is 37.0 Å². The summed E-state index contributed by atoms with van der Waals surface area (Å²) >= 11 is 0. The first kappa shape index (κ1) is 13.3. The zero-order valence-electron chi connectivity index (χ0n) is 11.7. The highest BCUT2D eigenvalue weighted by Gasteiger charge is 2.39. The van der Waals surface area contributed by atoms with Crippen LogP contribution in [0, 0.1) is 17.8 Å². The number of hydrogen-bond donors (Lipinski definition) is 2. The molecule has 2 saturated carbocycles. The lowest BCUT2D eigenvalue weighted by atomic mass is 9.86. The minimum atomic E-state index is 0.198. The van der Waals surface area contributed by atoms with Crippen LogP contribution in [0.15, 0.2) is 18.6 Å². The van der Waals surface area contributed by atoms with Crippen LogP contribution in [-0.4, -0.2) is 29.0 Å². The number of fused-ring (bicyclic) bond motifs is 2. The monoisotopic (exact) mass is 274 g/mol. The number of carbonyl (C=O) groups is 1. The second-order valence-corrected chi connectivity index (χ2v) is 6.01. The zero-order chi connectivity index (χ0) is 13.8. The molecule has 0 saturated heterocycles. The lowest BCUT2D eigenvalue weighted by Gasteiger charge is -2.20. The SMILES string of the molecule is O=C(C[C@H]1C[C@H]2CC[C@H]1C2)NCCNc1cnccn1. The Morgan fingerprint density at radius 1 is 1.25 bits per heavy atom. The van der Waals surface area contributed by atoms with Gasteiger partial charge in [-0.25, -0.2) is 4.98 Å². The van der Waals surface area contributed by atoms with Crippen LogP contribution in [0.2, 0.25) is 0 Å². The van der Waals surface area contributed by atoms with E-state index in [-0.39, 0.29) is 5.91 Å². The number of hydrogen-bond acceptors (Lipinski definition) is 4. The van der Waals surface area contributed by atoms with Gasteiger partial charge in [0.1, 0.15) is 5.82 Å². The van der Waals surface area contributed by atoms with E-state index >= 15 is 0 Å². The van der Waals surface area contributed by atoms with Gasteiger partial charge in [0, 0.05) is 31.9 Å². The fourth-order valence-electron chi connectivity index (χ4n) is 3.72. The Labute approximate surface area is 119 Å². The maximum atomic E-state index is 11.9. The summed E-state index contributed by atoms with van der Waals surface area (Å²) in [7, 11) is 0. The molecule has 2 aliphatic carbocycles. The minimum absolute atomic E-state index is 0.198. The molecule has 2 bridgehead atoms. The van der Waals surface area contributed by atoms with Crippen molar-refractivity contribution in [2.24, 2.45) is 17.8 Å². The maximum absolute atomic E-state index is 11.9. The fraction of sp³-hybridized carbons (Fsp3) is 0.667. The van der Waals surface area contributed by atoms with Crippen LogP contribution in [0.1, 0.15) is 32.1 Å². The molecular weight excluding hydrogens is 252 g/mol. The minimum Gasteiger partial charge on any atom is -0.367 e. The van der Waals surface area contributed by atoms with Crippen molar-refractivity contribution in [1.82, 2.24) is 15.3 Å². The summed E-state index contributed by atoms with van der Waals surface area (Å²) in [6.07, 6.45) is 11.1. The number of nitrogens with one attached hydrogen (secondary N) is 2. The second-order valence-electron chi connectivity index (χ2n) is 6.01. The molecule has 1 amide bonds. The molecule has 20 heavy (non-hydrogen) atoms. The molecule has 1 aromatic heterocycles. The largest absolute Gasteiger partial charge is 0.367 e. The molecule has 5 heteroatoms. The quantitative estimate of drug-likeness (QED) is 0.777. The summed E-state index contributed by atoms with van der Waals surface area (Å²) in [6, 6.07) is 0. The topological polar surface area (TPSA) is 66.9 Å². The van der Waals surface area contributed by atoms with E-state index in [1.54, 1.807) is 18.6 Å². The molecule has 0 unspecified atom stereocenters. The van der Waals surface area contributed by atoms with Crippen LogP contribution >= 0.6 is 0 Å². The lowest BCUT2D eigenvalue weighted by Crippen LogP contribution is -2.31. The van der Waals surface area contributed by atoms with Gasteiger partial charge in [0.2, 0.25) is 5.91 Å².